The summed E-state index contributed by atoms with van der Waals surface area (Å²) in [5.41, 5.74) is 5.53. The second kappa shape index (κ2) is 6.74. The van der Waals surface area contributed by atoms with Crippen molar-refractivity contribution in [2.45, 2.75) is 0 Å². The highest BCUT2D eigenvalue weighted by Crippen LogP contribution is 1.99. The lowest BCUT2D eigenvalue weighted by Gasteiger charge is -1.96. The van der Waals surface area contributed by atoms with Crippen LogP contribution in [0.15, 0.2) is 59.0 Å². The number of hydrazone groups is 2. The molecule has 0 aliphatic carbocycles. The lowest BCUT2D eigenvalue weighted by atomic mass is 10.5. The van der Waals surface area contributed by atoms with Crippen molar-refractivity contribution in [3.05, 3.63) is 48.8 Å². The van der Waals surface area contributed by atoms with Gasteiger partial charge < -0.3 is 0 Å². The molecule has 0 radical (unpaired) electrons. The van der Waals surface area contributed by atoms with Crippen LogP contribution in [-0.4, -0.2) is 22.4 Å². The van der Waals surface area contributed by atoms with Gasteiger partial charge in [0.1, 0.15) is 11.6 Å². The molecule has 90 valence electrons. The number of hydrogen-bond donors (Lipinski definition) is 2. The summed E-state index contributed by atoms with van der Waals surface area (Å²) < 4.78 is 0. The summed E-state index contributed by atoms with van der Waals surface area (Å²) in [6.07, 6.45) is 6.42. The van der Waals surface area contributed by atoms with Crippen LogP contribution in [0, 0.1) is 0 Å². The maximum atomic E-state index is 4.05. The molecule has 0 aromatic carbocycles. The van der Waals surface area contributed by atoms with Gasteiger partial charge in [0.15, 0.2) is 0 Å². The quantitative estimate of drug-likeness (QED) is 0.619. The van der Waals surface area contributed by atoms with Crippen LogP contribution >= 0.6 is 0 Å². The third-order valence-electron chi connectivity index (χ3n) is 1.90. The maximum absolute atomic E-state index is 4.05. The van der Waals surface area contributed by atoms with Crippen molar-refractivity contribution < 1.29 is 0 Å². The number of nitrogens with zero attached hydrogens (tertiary/aromatic N) is 4. The van der Waals surface area contributed by atoms with E-state index in [9.17, 15) is 0 Å². The summed E-state index contributed by atoms with van der Waals surface area (Å²) in [6.45, 7) is 0. The highest BCUT2D eigenvalue weighted by atomic mass is 15.3. The van der Waals surface area contributed by atoms with Crippen molar-refractivity contribution in [3.63, 3.8) is 0 Å². The van der Waals surface area contributed by atoms with Gasteiger partial charge in [0, 0.05) is 12.4 Å². The molecule has 0 aliphatic rings. The largest absolute Gasteiger partial charge is 0.261 e. The Bertz CT molecular complexity index is 459. The number of hydrogen-bond acceptors (Lipinski definition) is 6. The fraction of sp³-hybridized carbons (Fsp3) is 0. The molecule has 0 saturated heterocycles. The monoisotopic (exact) mass is 240 g/mol. The predicted octanol–water partition coefficient (Wildman–Crippen LogP) is 1.97. The zero-order valence-electron chi connectivity index (χ0n) is 9.56. The van der Waals surface area contributed by atoms with Gasteiger partial charge >= 0.3 is 0 Å². The van der Waals surface area contributed by atoms with Crippen LogP contribution in [0.5, 0.6) is 0 Å². The first-order valence-electron chi connectivity index (χ1n) is 5.34. The minimum Gasteiger partial charge on any atom is -0.261 e. The van der Waals surface area contributed by atoms with E-state index in [4.69, 9.17) is 0 Å². The molecule has 0 aliphatic heterocycles. The summed E-state index contributed by atoms with van der Waals surface area (Å²) >= 11 is 0. The van der Waals surface area contributed by atoms with Crippen LogP contribution in [0.25, 0.3) is 0 Å². The summed E-state index contributed by atoms with van der Waals surface area (Å²) in [5, 5.41) is 7.85. The van der Waals surface area contributed by atoms with Crippen LogP contribution in [0.2, 0.25) is 0 Å². The Labute approximate surface area is 104 Å². The van der Waals surface area contributed by atoms with E-state index in [1.165, 1.54) is 12.4 Å². The van der Waals surface area contributed by atoms with Gasteiger partial charge in [0.25, 0.3) is 0 Å². The summed E-state index contributed by atoms with van der Waals surface area (Å²) in [6, 6.07) is 11.1. The number of nitrogens with one attached hydrogen (secondary N) is 2. The molecule has 2 N–H and O–H groups in total. The molecular formula is C12H12N6. The van der Waals surface area contributed by atoms with Crippen molar-refractivity contribution in [2.24, 2.45) is 10.2 Å². The Morgan fingerprint density at radius 2 is 1.28 bits per heavy atom. The molecule has 0 amide bonds. The third kappa shape index (κ3) is 4.01. The van der Waals surface area contributed by atoms with E-state index in [0.717, 1.165) is 0 Å². The maximum Gasteiger partial charge on any atom is 0.146 e. The summed E-state index contributed by atoms with van der Waals surface area (Å²) in [5.74, 6) is 1.36. The van der Waals surface area contributed by atoms with Gasteiger partial charge in [0.05, 0.1) is 12.4 Å². The van der Waals surface area contributed by atoms with E-state index < -0.39 is 0 Å². The van der Waals surface area contributed by atoms with Crippen LogP contribution < -0.4 is 10.9 Å². The van der Waals surface area contributed by atoms with E-state index in [1.807, 2.05) is 36.4 Å². The Kier molecular flexibility index (Phi) is 4.39. The number of anilines is 2. The highest BCUT2D eigenvalue weighted by Gasteiger charge is 1.85. The van der Waals surface area contributed by atoms with Crippen LogP contribution in [0.1, 0.15) is 0 Å². The Balaban J connectivity index is 1.75. The molecule has 0 spiro atoms. The first-order valence-corrected chi connectivity index (χ1v) is 5.34. The van der Waals surface area contributed by atoms with E-state index in [2.05, 4.69) is 31.0 Å². The molecule has 0 bridgehead atoms. The fourth-order valence-electron chi connectivity index (χ4n) is 1.13. The molecule has 6 heteroatoms. The Morgan fingerprint density at radius 1 is 0.778 bits per heavy atom. The second-order valence-corrected chi connectivity index (χ2v) is 3.21. The SMILES string of the molecule is C(/C=N/Nc1ccccn1)=N\Nc1ccccn1. The molecule has 6 nitrogen and oxygen atoms in total. The fourth-order valence-corrected chi connectivity index (χ4v) is 1.13. The third-order valence-corrected chi connectivity index (χ3v) is 1.90. The Morgan fingerprint density at radius 3 is 1.67 bits per heavy atom. The normalized spacial score (nSPS) is 10.9. The molecule has 2 aromatic rings. The van der Waals surface area contributed by atoms with E-state index in [0.29, 0.717) is 11.6 Å². The minimum absolute atomic E-state index is 0.680. The van der Waals surface area contributed by atoms with Crippen LogP contribution in [-0.2, 0) is 0 Å². The Hall–Kier alpha value is -2.76. The molecule has 2 aromatic heterocycles. The van der Waals surface area contributed by atoms with E-state index >= 15 is 0 Å². The van der Waals surface area contributed by atoms with Crippen molar-refractivity contribution in [3.8, 4) is 0 Å². The van der Waals surface area contributed by atoms with Gasteiger partial charge in [-0.3, -0.25) is 10.9 Å². The van der Waals surface area contributed by atoms with Gasteiger partial charge in [-0.15, -0.1) is 0 Å². The van der Waals surface area contributed by atoms with Crippen molar-refractivity contribution >= 4 is 24.1 Å². The second-order valence-electron chi connectivity index (χ2n) is 3.21. The standard InChI is InChI=1S/C12H12N6/c1-3-7-13-11(5-1)17-15-9-10-16-18-12-6-2-4-8-14-12/h1-10H,(H,13,17)(H,14,18)/b15-9+,16-10+. The van der Waals surface area contributed by atoms with E-state index in [1.54, 1.807) is 12.4 Å². The van der Waals surface area contributed by atoms with Crippen molar-refractivity contribution in [1.82, 2.24) is 9.97 Å². The average Bonchev–Trinajstić information content (AvgIpc) is 2.45. The van der Waals surface area contributed by atoms with Gasteiger partial charge in [-0.1, -0.05) is 12.1 Å². The van der Waals surface area contributed by atoms with Crippen LogP contribution in [0.3, 0.4) is 0 Å². The number of rotatable bonds is 5. The van der Waals surface area contributed by atoms with Crippen molar-refractivity contribution in [2.75, 3.05) is 10.9 Å². The van der Waals surface area contributed by atoms with Crippen LogP contribution in [0.4, 0.5) is 11.6 Å². The lowest BCUT2D eigenvalue weighted by molar-refractivity contribution is 1.23. The van der Waals surface area contributed by atoms with E-state index in [-0.39, 0.29) is 0 Å². The molecule has 0 atom stereocenters. The first kappa shape index (κ1) is 11.7. The lowest BCUT2D eigenvalue weighted by Crippen LogP contribution is -1.94. The summed E-state index contributed by atoms with van der Waals surface area (Å²) in [4.78, 5) is 8.10. The molecule has 0 saturated carbocycles. The first-order chi connectivity index (χ1) is 8.95. The zero-order chi connectivity index (χ0) is 12.5. The van der Waals surface area contributed by atoms with Gasteiger partial charge in [-0.2, -0.15) is 10.2 Å². The topological polar surface area (TPSA) is 74.6 Å². The molecule has 0 unspecified atom stereocenters. The minimum atomic E-state index is 0.680. The molecule has 18 heavy (non-hydrogen) atoms. The zero-order valence-corrected chi connectivity index (χ0v) is 9.56. The summed E-state index contributed by atoms with van der Waals surface area (Å²) in [7, 11) is 0. The molecule has 2 heterocycles. The molecule has 0 fully saturated rings. The van der Waals surface area contributed by atoms with Gasteiger partial charge in [0.2, 0.25) is 0 Å². The van der Waals surface area contributed by atoms with Gasteiger partial charge in [-0.05, 0) is 24.3 Å². The average molecular weight is 240 g/mol. The molecule has 2 rings (SSSR count). The van der Waals surface area contributed by atoms with Crippen molar-refractivity contribution in [1.29, 1.82) is 0 Å². The number of aromatic nitrogens is 2. The molecular weight excluding hydrogens is 228 g/mol. The predicted molar refractivity (Wildman–Crippen MR) is 72.7 cm³/mol. The number of pyridine rings is 2. The highest BCUT2D eigenvalue weighted by molar-refractivity contribution is 6.16. The van der Waals surface area contributed by atoms with Gasteiger partial charge in [-0.25, -0.2) is 9.97 Å². The smallest absolute Gasteiger partial charge is 0.146 e.